The number of amides is 1. The standard InChI is InChI=1S/C20H22N4O2S2/c1-13(2)14-8-4-5-9-15(14)21-18(25)12-27-20-24-23-19(28-20)22-16-10-6-7-11-17(16)26-3/h4-11,13H,12H2,1-3H3,(H,21,25)(H,22,23). The van der Waals surface area contributed by atoms with E-state index in [1.54, 1.807) is 7.11 Å². The van der Waals surface area contributed by atoms with Crippen molar-refractivity contribution in [3.05, 3.63) is 54.1 Å². The first-order valence-electron chi connectivity index (χ1n) is 8.82. The Morgan fingerprint density at radius 2 is 1.82 bits per heavy atom. The van der Waals surface area contributed by atoms with E-state index in [0.717, 1.165) is 27.0 Å². The molecule has 0 aliphatic heterocycles. The zero-order valence-electron chi connectivity index (χ0n) is 15.9. The second-order valence-electron chi connectivity index (χ2n) is 6.28. The molecule has 0 radical (unpaired) electrons. The van der Waals surface area contributed by atoms with Crippen LogP contribution in [0.15, 0.2) is 52.9 Å². The van der Waals surface area contributed by atoms with Crippen LogP contribution in [0, 0.1) is 0 Å². The molecule has 3 aromatic rings. The molecule has 146 valence electrons. The van der Waals surface area contributed by atoms with Crippen molar-refractivity contribution in [2.45, 2.75) is 24.1 Å². The molecule has 1 heterocycles. The molecule has 0 bridgehead atoms. The molecule has 0 unspecified atom stereocenters. The predicted octanol–water partition coefficient (Wildman–Crippen LogP) is 5.14. The number of thioether (sulfide) groups is 1. The lowest BCUT2D eigenvalue weighted by Crippen LogP contribution is -2.15. The first kappa shape index (κ1) is 20.2. The number of hydrogen-bond acceptors (Lipinski definition) is 7. The first-order valence-corrected chi connectivity index (χ1v) is 10.6. The van der Waals surface area contributed by atoms with Gasteiger partial charge in [-0.25, -0.2) is 0 Å². The quantitative estimate of drug-likeness (QED) is 0.497. The van der Waals surface area contributed by atoms with Crippen molar-refractivity contribution in [1.29, 1.82) is 0 Å². The van der Waals surface area contributed by atoms with Crippen molar-refractivity contribution in [1.82, 2.24) is 10.2 Å². The van der Waals surface area contributed by atoms with E-state index in [0.29, 0.717) is 11.0 Å². The minimum atomic E-state index is -0.0625. The predicted molar refractivity (Wildman–Crippen MR) is 116 cm³/mol. The smallest absolute Gasteiger partial charge is 0.234 e. The second kappa shape index (κ2) is 9.57. The Balaban J connectivity index is 1.56. The summed E-state index contributed by atoms with van der Waals surface area (Å²) < 4.78 is 6.05. The van der Waals surface area contributed by atoms with Crippen molar-refractivity contribution < 1.29 is 9.53 Å². The molecule has 2 aromatic carbocycles. The molecule has 0 fully saturated rings. The third-order valence-corrected chi connectivity index (χ3v) is 5.91. The Labute approximate surface area is 172 Å². The molecule has 0 aliphatic rings. The summed E-state index contributed by atoms with van der Waals surface area (Å²) in [6.07, 6.45) is 0. The zero-order valence-corrected chi connectivity index (χ0v) is 17.6. The van der Waals surface area contributed by atoms with Crippen LogP contribution in [-0.4, -0.2) is 29.0 Å². The van der Waals surface area contributed by atoms with Gasteiger partial charge >= 0.3 is 0 Å². The molecule has 0 spiro atoms. The van der Waals surface area contributed by atoms with Crippen LogP contribution in [-0.2, 0) is 4.79 Å². The Hall–Kier alpha value is -2.58. The number of aromatic nitrogens is 2. The number of anilines is 3. The monoisotopic (exact) mass is 414 g/mol. The molecule has 1 amide bonds. The maximum atomic E-state index is 12.3. The molecular formula is C20H22N4O2S2. The summed E-state index contributed by atoms with van der Waals surface area (Å²) in [5.74, 6) is 1.29. The number of ether oxygens (including phenoxy) is 1. The molecule has 3 rings (SSSR count). The van der Waals surface area contributed by atoms with E-state index in [1.807, 2.05) is 48.5 Å². The number of methoxy groups -OCH3 is 1. The normalized spacial score (nSPS) is 10.7. The summed E-state index contributed by atoms with van der Waals surface area (Å²) >= 11 is 2.76. The zero-order chi connectivity index (χ0) is 19.9. The van der Waals surface area contributed by atoms with Gasteiger partial charge in [0, 0.05) is 5.69 Å². The maximum Gasteiger partial charge on any atom is 0.234 e. The fourth-order valence-corrected chi connectivity index (χ4v) is 4.17. The summed E-state index contributed by atoms with van der Waals surface area (Å²) in [5.41, 5.74) is 2.81. The molecule has 28 heavy (non-hydrogen) atoms. The number of para-hydroxylation sites is 3. The van der Waals surface area contributed by atoms with Crippen LogP contribution in [0.2, 0.25) is 0 Å². The van der Waals surface area contributed by atoms with Crippen molar-refractivity contribution in [2.24, 2.45) is 0 Å². The van der Waals surface area contributed by atoms with E-state index in [4.69, 9.17) is 4.74 Å². The van der Waals surface area contributed by atoms with Crippen LogP contribution in [0.5, 0.6) is 5.75 Å². The van der Waals surface area contributed by atoms with Crippen LogP contribution in [0.1, 0.15) is 25.3 Å². The van der Waals surface area contributed by atoms with E-state index in [1.165, 1.54) is 23.1 Å². The Bertz CT molecular complexity index is 943. The molecular weight excluding hydrogens is 392 g/mol. The molecule has 0 aliphatic carbocycles. The Morgan fingerprint density at radius 3 is 2.57 bits per heavy atom. The number of benzene rings is 2. The summed E-state index contributed by atoms with van der Waals surface area (Å²) in [6.45, 7) is 4.22. The maximum absolute atomic E-state index is 12.3. The van der Waals surface area contributed by atoms with Gasteiger partial charge in [-0.05, 0) is 29.7 Å². The number of carbonyl (C=O) groups is 1. The SMILES string of the molecule is COc1ccccc1Nc1nnc(SCC(=O)Nc2ccccc2C(C)C)s1. The fraction of sp³-hybridized carbons (Fsp3) is 0.250. The number of hydrogen-bond donors (Lipinski definition) is 2. The van der Waals surface area contributed by atoms with Crippen molar-refractivity contribution >= 4 is 45.5 Å². The topological polar surface area (TPSA) is 76.1 Å². The van der Waals surface area contributed by atoms with Gasteiger partial charge in [0.05, 0.1) is 18.6 Å². The van der Waals surface area contributed by atoms with E-state index in [-0.39, 0.29) is 11.7 Å². The summed E-state index contributed by atoms with van der Waals surface area (Å²) in [6, 6.07) is 15.5. The van der Waals surface area contributed by atoms with Crippen LogP contribution < -0.4 is 15.4 Å². The molecule has 0 saturated heterocycles. The summed E-state index contributed by atoms with van der Waals surface area (Å²) in [5, 5.41) is 15.1. The minimum absolute atomic E-state index is 0.0625. The average molecular weight is 415 g/mol. The van der Waals surface area contributed by atoms with Gasteiger partial charge in [-0.15, -0.1) is 10.2 Å². The van der Waals surface area contributed by atoms with Crippen molar-refractivity contribution in [2.75, 3.05) is 23.5 Å². The van der Waals surface area contributed by atoms with Gasteiger partial charge in [-0.3, -0.25) is 4.79 Å². The number of nitrogens with zero attached hydrogens (tertiary/aromatic N) is 2. The highest BCUT2D eigenvalue weighted by Crippen LogP contribution is 2.31. The van der Waals surface area contributed by atoms with Crippen molar-refractivity contribution in [3.8, 4) is 5.75 Å². The van der Waals surface area contributed by atoms with Gasteiger partial charge in [0.15, 0.2) is 4.34 Å². The molecule has 0 atom stereocenters. The lowest BCUT2D eigenvalue weighted by atomic mass is 10.0. The van der Waals surface area contributed by atoms with E-state index < -0.39 is 0 Å². The lowest BCUT2D eigenvalue weighted by molar-refractivity contribution is -0.113. The Kier molecular flexibility index (Phi) is 6.89. The van der Waals surface area contributed by atoms with Gasteiger partial charge in [0.1, 0.15) is 5.75 Å². The van der Waals surface area contributed by atoms with Crippen molar-refractivity contribution in [3.63, 3.8) is 0 Å². The second-order valence-corrected chi connectivity index (χ2v) is 8.48. The third kappa shape index (κ3) is 5.24. The summed E-state index contributed by atoms with van der Waals surface area (Å²) in [7, 11) is 1.62. The Morgan fingerprint density at radius 1 is 1.11 bits per heavy atom. The van der Waals surface area contributed by atoms with Crippen LogP contribution in [0.25, 0.3) is 0 Å². The summed E-state index contributed by atoms with van der Waals surface area (Å²) in [4.78, 5) is 12.3. The molecule has 1 aromatic heterocycles. The third-order valence-electron chi connectivity index (χ3n) is 3.94. The lowest BCUT2D eigenvalue weighted by Gasteiger charge is -2.13. The first-order chi connectivity index (χ1) is 13.6. The molecule has 6 nitrogen and oxygen atoms in total. The minimum Gasteiger partial charge on any atom is -0.495 e. The van der Waals surface area contributed by atoms with Gasteiger partial charge in [0.2, 0.25) is 11.0 Å². The highest BCUT2D eigenvalue weighted by atomic mass is 32.2. The average Bonchev–Trinajstić information content (AvgIpc) is 3.14. The molecule has 2 N–H and O–H groups in total. The largest absolute Gasteiger partial charge is 0.495 e. The number of carbonyl (C=O) groups excluding carboxylic acids is 1. The van der Waals surface area contributed by atoms with Gasteiger partial charge in [0.25, 0.3) is 0 Å². The van der Waals surface area contributed by atoms with Gasteiger partial charge in [-0.2, -0.15) is 0 Å². The highest BCUT2D eigenvalue weighted by molar-refractivity contribution is 8.01. The fourth-order valence-electron chi connectivity index (χ4n) is 2.61. The number of nitrogens with one attached hydrogen (secondary N) is 2. The van der Waals surface area contributed by atoms with Gasteiger partial charge < -0.3 is 15.4 Å². The molecule has 8 heteroatoms. The van der Waals surface area contributed by atoms with E-state index in [2.05, 4.69) is 34.7 Å². The van der Waals surface area contributed by atoms with E-state index in [9.17, 15) is 4.79 Å². The number of rotatable bonds is 8. The highest BCUT2D eigenvalue weighted by Gasteiger charge is 2.12. The van der Waals surface area contributed by atoms with Crippen LogP contribution >= 0.6 is 23.1 Å². The van der Waals surface area contributed by atoms with Crippen LogP contribution in [0.3, 0.4) is 0 Å². The van der Waals surface area contributed by atoms with E-state index >= 15 is 0 Å². The van der Waals surface area contributed by atoms with Crippen LogP contribution in [0.4, 0.5) is 16.5 Å². The van der Waals surface area contributed by atoms with Gasteiger partial charge in [-0.1, -0.05) is 67.3 Å². The molecule has 0 saturated carbocycles.